The van der Waals surface area contributed by atoms with Crippen molar-refractivity contribution in [3.05, 3.63) is 77.9 Å². The lowest BCUT2D eigenvalue weighted by atomic mass is 10.2. The predicted molar refractivity (Wildman–Crippen MR) is 114 cm³/mol. The summed E-state index contributed by atoms with van der Waals surface area (Å²) in [6, 6.07) is 13.4. The first kappa shape index (κ1) is 21.7. The van der Waals surface area contributed by atoms with E-state index in [-0.39, 0.29) is 29.5 Å². The maximum absolute atomic E-state index is 12.6. The van der Waals surface area contributed by atoms with Gasteiger partial charge in [-0.15, -0.1) is 0 Å². The number of hydrogen-bond acceptors (Lipinski definition) is 5. The molecule has 0 spiro atoms. The summed E-state index contributed by atoms with van der Waals surface area (Å²) < 4.78 is 34.0. The first-order valence-electron chi connectivity index (χ1n) is 9.36. The molecule has 8 nitrogen and oxygen atoms in total. The fourth-order valence-corrected chi connectivity index (χ4v) is 3.89. The van der Waals surface area contributed by atoms with Gasteiger partial charge in [-0.3, -0.25) is 4.79 Å². The van der Waals surface area contributed by atoms with Gasteiger partial charge in [0.05, 0.1) is 11.5 Å². The van der Waals surface area contributed by atoms with Gasteiger partial charge in [0.15, 0.2) is 0 Å². The second-order valence-electron chi connectivity index (χ2n) is 6.67. The van der Waals surface area contributed by atoms with Crippen LogP contribution in [0.3, 0.4) is 0 Å². The number of anilines is 1. The summed E-state index contributed by atoms with van der Waals surface area (Å²) in [5.41, 5.74) is 1.95. The number of sulfonamides is 1. The van der Waals surface area contributed by atoms with Gasteiger partial charge in [-0.1, -0.05) is 18.2 Å². The molecular formula is C21H24N4O4S. The smallest absolute Gasteiger partial charge is 0.255 e. The Bertz CT molecular complexity index is 1110. The van der Waals surface area contributed by atoms with Gasteiger partial charge in [0.2, 0.25) is 10.0 Å². The molecule has 30 heavy (non-hydrogen) atoms. The molecule has 158 valence electrons. The van der Waals surface area contributed by atoms with Crippen LogP contribution in [0.4, 0.5) is 5.69 Å². The minimum absolute atomic E-state index is 0.0253. The second kappa shape index (κ2) is 9.66. The van der Waals surface area contributed by atoms with Crippen molar-refractivity contribution in [2.45, 2.75) is 18.4 Å². The van der Waals surface area contributed by atoms with Crippen LogP contribution in [0.5, 0.6) is 0 Å². The molecular weight excluding hydrogens is 404 g/mol. The summed E-state index contributed by atoms with van der Waals surface area (Å²) in [6.45, 7) is 3.04. The zero-order valence-electron chi connectivity index (χ0n) is 16.8. The highest BCUT2D eigenvalue weighted by molar-refractivity contribution is 7.89. The first-order chi connectivity index (χ1) is 14.4. The molecule has 2 aromatic carbocycles. The quantitative estimate of drug-likeness (QED) is 0.510. The van der Waals surface area contributed by atoms with Gasteiger partial charge in [-0.25, -0.2) is 18.1 Å². The molecule has 1 aromatic heterocycles. The Morgan fingerprint density at radius 1 is 1.17 bits per heavy atom. The highest BCUT2D eigenvalue weighted by Gasteiger charge is 2.16. The van der Waals surface area contributed by atoms with E-state index in [2.05, 4.69) is 15.0 Å². The number of methoxy groups -OCH3 is 1. The third kappa shape index (κ3) is 5.53. The van der Waals surface area contributed by atoms with E-state index < -0.39 is 10.0 Å². The lowest BCUT2D eigenvalue weighted by molar-refractivity contribution is 0.102. The van der Waals surface area contributed by atoms with E-state index in [1.165, 1.54) is 25.3 Å². The van der Waals surface area contributed by atoms with Gasteiger partial charge in [0, 0.05) is 43.8 Å². The molecule has 3 rings (SSSR count). The molecule has 0 atom stereocenters. The van der Waals surface area contributed by atoms with Crippen LogP contribution in [0.15, 0.2) is 65.8 Å². The fraction of sp³-hybridized carbons (Fsp3) is 0.238. The number of ether oxygens (including phenoxy) is 1. The summed E-state index contributed by atoms with van der Waals surface area (Å²) in [5.74, 6) is 0.543. The Morgan fingerprint density at radius 3 is 2.60 bits per heavy atom. The van der Waals surface area contributed by atoms with E-state index in [9.17, 15) is 13.2 Å². The number of carbonyl (C=O) groups is 1. The van der Waals surface area contributed by atoms with Gasteiger partial charge in [0.1, 0.15) is 5.82 Å². The zero-order valence-corrected chi connectivity index (χ0v) is 17.6. The number of aromatic nitrogens is 2. The van der Waals surface area contributed by atoms with Crippen LogP contribution in [0.1, 0.15) is 21.7 Å². The third-order valence-corrected chi connectivity index (χ3v) is 5.95. The maximum atomic E-state index is 12.6. The van der Waals surface area contributed by atoms with Crippen molar-refractivity contribution < 1.29 is 17.9 Å². The molecule has 1 amide bonds. The number of nitrogens with zero attached hydrogens (tertiary/aromatic N) is 2. The minimum Gasteiger partial charge on any atom is -0.383 e. The number of nitrogens with one attached hydrogen (secondary N) is 2. The van der Waals surface area contributed by atoms with Crippen molar-refractivity contribution in [3.63, 3.8) is 0 Å². The fourth-order valence-electron chi connectivity index (χ4n) is 2.83. The minimum atomic E-state index is -3.71. The molecule has 9 heteroatoms. The highest BCUT2D eigenvalue weighted by atomic mass is 32.2. The van der Waals surface area contributed by atoms with Gasteiger partial charge >= 0.3 is 0 Å². The summed E-state index contributed by atoms with van der Waals surface area (Å²) in [6.07, 6.45) is 3.67. The molecule has 0 saturated heterocycles. The van der Waals surface area contributed by atoms with Gasteiger partial charge in [-0.2, -0.15) is 0 Å². The second-order valence-corrected chi connectivity index (χ2v) is 8.44. The van der Waals surface area contributed by atoms with Crippen molar-refractivity contribution in [2.24, 2.45) is 0 Å². The summed E-state index contributed by atoms with van der Waals surface area (Å²) in [7, 11) is -2.22. The monoisotopic (exact) mass is 428 g/mol. The van der Waals surface area contributed by atoms with Gasteiger partial charge in [-0.05, 0) is 42.8 Å². The zero-order chi connectivity index (χ0) is 21.6. The van der Waals surface area contributed by atoms with Crippen molar-refractivity contribution in [1.29, 1.82) is 0 Å². The molecule has 0 saturated carbocycles. The van der Waals surface area contributed by atoms with E-state index in [1.807, 2.05) is 42.0 Å². The van der Waals surface area contributed by atoms with Crippen molar-refractivity contribution in [2.75, 3.05) is 25.6 Å². The average molecular weight is 429 g/mol. The molecule has 1 heterocycles. The number of hydrogen-bond donors (Lipinski definition) is 2. The van der Waals surface area contributed by atoms with Crippen LogP contribution in [0.25, 0.3) is 0 Å². The number of carbonyl (C=O) groups excluding carboxylic acids is 1. The molecule has 0 aliphatic carbocycles. The van der Waals surface area contributed by atoms with Crippen LogP contribution in [0, 0.1) is 6.92 Å². The summed E-state index contributed by atoms with van der Waals surface area (Å²) >= 11 is 0. The average Bonchev–Trinajstić information content (AvgIpc) is 3.14. The lowest BCUT2D eigenvalue weighted by Gasteiger charge is -2.10. The summed E-state index contributed by atoms with van der Waals surface area (Å²) in [5, 5.41) is 2.79. The molecule has 0 fully saturated rings. The maximum Gasteiger partial charge on any atom is 0.255 e. The lowest BCUT2D eigenvalue weighted by Crippen LogP contribution is -2.27. The Hall–Kier alpha value is -3.01. The molecule has 0 bridgehead atoms. The normalized spacial score (nSPS) is 11.4. The molecule has 0 aliphatic heterocycles. The Morgan fingerprint density at radius 2 is 1.93 bits per heavy atom. The first-order valence-corrected chi connectivity index (χ1v) is 10.8. The number of amides is 1. The van der Waals surface area contributed by atoms with E-state index >= 15 is 0 Å². The van der Waals surface area contributed by atoms with Crippen LogP contribution >= 0.6 is 0 Å². The summed E-state index contributed by atoms with van der Waals surface area (Å²) in [4.78, 5) is 16.8. The Labute approximate surface area is 176 Å². The number of rotatable bonds is 9. The van der Waals surface area contributed by atoms with E-state index in [4.69, 9.17) is 4.74 Å². The van der Waals surface area contributed by atoms with E-state index in [1.54, 1.807) is 12.3 Å². The molecule has 0 radical (unpaired) electrons. The van der Waals surface area contributed by atoms with Crippen molar-refractivity contribution in [1.82, 2.24) is 14.3 Å². The largest absolute Gasteiger partial charge is 0.383 e. The van der Waals surface area contributed by atoms with Crippen molar-refractivity contribution >= 4 is 21.6 Å². The highest BCUT2D eigenvalue weighted by Crippen LogP contribution is 2.15. The van der Waals surface area contributed by atoms with Gasteiger partial charge < -0.3 is 14.6 Å². The number of aryl methyl sites for hydroxylation is 1. The van der Waals surface area contributed by atoms with E-state index in [0.717, 1.165) is 11.4 Å². The predicted octanol–water partition coefficient (Wildman–Crippen LogP) is 2.42. The standard InChI is InChI=1S/C21H24N4O4S/c1-16-22-10-12-25(16)15-17-6-8-19(9-7-17)24-21(26)18-4-3-5-20(14-18)30(27,28)23-11-13-29-2/h3-10,12,14,23H,11,13,15H2,1-2H3,(H,24,26). The van der Waals surface area contributed by atoms with Crippen LogP contribution < -0.4 is 10.0 Å². The third-order valence-electron chi connectivity index (χ3n) is 4.49. The Balaban J connectivity index is 1.66. The molecule has 0 unspecified atom stereocenters. The SMILES string of the molecule is COCCNS(=O)(=O)c1cccc(C(=O)Nc2ccc(Cn3ccnc3C)cc2)c1. The number of imidazole rings is 1. The van der Waals surface area contributed by atoms with Crippen LogP contribution in [-0.2, 0) is 21.3 Å². The number of benzene rings is 2. The molecule has 3 aromatic rings. The molecule has 0 aliphatic rings. The van der Waals surface area contributed by atoms with Crippen LogP contribution in [-0.4, -0.2) is 44.1 Å². The van der Waals surface area contributed by atoms with Crippen LogP contribution in [0.2, 0.25) is 0 Å². The van der Waals surface area contributed by atoms with Gasteiger partial charge in [0.25, 0.3) is 5.91 Å². The Kier molecular flexibility index (Phi) is 6.99. The topological polar surface area (TPSA) is 102 Å². The molecule has 2 N–H and O–H groups in total. The van der Waals surface area contributed by atoms with Crippen molar-refractivity contribution in [3.8, 4) is 0 Å². The van der Waals surface area contributed by atoms with E-state index in [0.29, 0.717) is 12.2 Å².